The number of nitrogens with zero attached hydrogens (tertiary/aromatic N) is 2. The van der Waals surface area contributed by atoms with Gasteiger partial charge in [-0.3, -0.25) is 0 Å². The second-order valence-corrected chi connectivity index (χ2v) is 5.85. The first kappa shape index (κ1) is 18.0. The molecule has 1 amide bonds. The van der Waals surface area contributed by atoms with E-state index in [9.17, 15) is 4.79 Å². The summed E-state index contributed by atoms with van der Waals surface area (Å²) in [6, 6.07) is 3.49. The van der Waals surface area contributed by atoms with Gasteiger partial charge in [0.2, 0.25) is 5.88 Å². The van der Waals surface area contributed by atoms with E-state index in [-0.39, 0.29) is 12.2 Å². The number of carbonyl (C=O) groups excluding carboxylic acids is 1. The van der Waals surface area contributed by atoms with E-state index in [1.807, 2.05) is 20.8 Å². The molecule has 0 radical (unpaired) electrons. The quantitative estimate of drug-likeness (QED) is 0.862. The van der Waals surface area contributed by atoms with Crippen molar-refractivity contribution in [1.82, 2.24) is 9.88 Å². The Morgan fingerprint density at radius 2 is 2.14 bits per heavy atom. The first-order valence-electron chi connectivity index (χ1n) is 7.15. The third-order valence-electron chi connectivity index (χ3n) is 2.88. The second-order valence-electron chi connectivity index (χ2n) is 5.85. The molecule has 1 aliphatic heterocycles. The Labute approximate surface area is 131 Å². The lowest BCUT2D eigenvalue weighted by molar-refractivity contribution is 0.0275. The maximum Gasteiger partial charge on any atom is 0.410 e. The Morgan fingerprint density at radius 3 is 2.73 bits per heavy atom. The van der Waals surface area contributed by atoms with Crippen LogP contribution in [0.4, 0.5) is 10.5 Å². The number of likely N-dealkylation sites (tertiary alicyclic amines) is 1. The van der Waals surface area contributed by atoms with Gasteiger partial charge in [0.15, 0.2) is 0 Å². The van der Waals surface area contributed by atoms with Crippen LogP contribution in [-0.2, 0) is 4.74 Å². The largest absolute Gasteiger partial charge is 0.471 e. The summed E-state index contributed by atoms with van der Waals surface area (Å²) in [6.45, 7) is 6.66. The number of pyridine rings is 1. The highest BCUT2D eigenvalue weighted by molar-refractivity contribution is 5.68. The predicted octanol–water partition coefficient (Wildman–Crippen LogP) is 1.66. The molecule has 0 aromatic carbocycles. The zero-order valence-electron chi connectivity index (χ0n) is 13.6. The van der Waals surface area contributed by atoms with Crippen LogP contribution < -0.4 is 10.5 Å². The lowest BCUT2D eigenvalue weighted by Crippen LogP contribution is -2.36. The monoisotopic (exact) mass is 311 g/mol. The zero-order chi connectivity index (χ0) is 16.8. The number of hydrogen-bond donors (Lipinski definition) is 2. The molecule has 0 aliphatic carbocycles. The van der Waals surface area contributed by atoms with Crippen molar-refractivity contribution in [2.45, 2.75) is 38.9 Å². The topological polar surface area (TPSA) is 97.9 Å². The second kappa shape index (κ2) is 7.84. The molecule has 1 aromatic rings. The molecule has 1 aliphatic rings. The van der Waals surface area contributed by atoms with Crippen LogP contribution in [0.5, 0.6) is 5.88 Å². The predicted molar refractivity (Wildman–Crippen MR) is 83.6 cm³/mol. The molecule has 3 N–H and O–H groups in total. The molecule has 0 saturated carbocycles. The van der Waals surface area contributed by atoms with E-state index < -0.39 is 5.60 Å². The van der Waals surface area contributed by atoms with Gasteiger partial charge < -0.3 is 25.2 Å². The molecule has 1 unspecified atom stereocenters. The standard InChI is InChI=1S/C14H21N3O3.CH4O/c1-14(2,3)20-13(18)17-8-6-10(9-17)19-12-11(15)5-4-7-16-12;1-2/h4-5,7,10H,6,8-9,15H2,1-3H3;2H,1H3. The summed E-state index contributed by atoms with van der Waals surface area (Å²) in [7, 11) is 1.00. The molecule has 1 aromatic heterocycles. The van der Waals surface area contributed by atoms with Crippen molar-refractivity contribution in [3.05, 3.63) is 18.3 Å². The molecular formula is C15H25N3O4. The van der Waals surface area contributed by atoms with E-state index in [4.69, 9.17) is 20.3 Å². The number of amides is 1. The highest BCUT2D eigenvalue weighted by atomic mass is 16.6. The maximum atomic E-state index is 11.9. The minimum atomic E-state index is -0.485. The normalized spacial score (nSPS) is 17.5. The van der Waals surface area contributed by atoms with Gasteiger partial charge in [-0.05, 0) is 32.9 Å². The number of anilines is 1. The third kappa shape index (κ3) is 5.40. The molecule has 1 saturated heterocycles. The third-order valence-corrected chi connectivity index (χ3v) is 2.88. The van der Waals surface area contributed by atoms with Crippen molar-refractivity contribution >= 4 is 11.8 Å². The first-order chi connectivity index (χ1) is 10.3. The van der Waals surface area contributed by atoms with E-state index in [1.165, 1.54) is 0 Å². The molecule has 7 heteroatoms. The van der Waals surface area contributed by atoms with Gasteiger partial charge in [-0.15, -0.1) is 0 Å². The van der Waals surface area contributed by atoms with Crippen LogP contribution >= 0.6 is 0 Å². The molecule has 0 spiro atoms. The summed E-state index contributed by atoms with van der Waals surface area (Å²) in [6.07, 6.45) is 1.97. The van der Waals surface area contributed by atoms with E-state index in [2.05, 4.69) is 4.98 Å². The fourth-order valence-electron chi connectivity index (χ4n) is 1.98. The molecule has 1 fully saturated rings. The fraction of sp³-hybridized carbons (Fsp3) is 0.600. The van der Waals surface area contributed by atoms with Crippen LogP contribution in [0, 0.1) is 0 Å². The van der Waals surface area contributed by atoms with Gasteiger partial charge in [0.25, 0.3) is 0 Å². The summed E-state index contributed by atoms with van der Waals surface area (Å²) in [4.78, 5) is 17.7. The Balaban J connectivity index is 0.00000116. The van der Waals surface area contributed by atoms with Gasteiger partial charge in [-0.2, -0.15) is 0 Å². The SMILES string of the molecule is CC(C)(C)OC(=O)N1CCC(Oc2ncccc2N)C1.CO. The molecular weight excluding hydrogens is 286 g/mol. The van der Waals surface area contributed by atoms with Gasteiger partial charge in [0.1, 0.15) is 11.7 Å². The lowest BCUT2D eigenvalue weighted by atomic mass is 10.2. The number of hydrogen-bond acceptors (Lipinski definition) is 6. The minimum absolute atomic E-state index is 0.0975. The molecule has 124 valence electrons. The molecule has 0 bridgehead atoms. The number of aliphatic hydroxyl groups excluding tert-OH is 1. The lowest BCUT2D eigenvalue weighted by Gasteiger charge is -2.24. The summed E-state index contributed by atoms with van der Waals surface area (Å²) < 4.78 is 11.1. The van der Waals surface area contributed by atoms with E-state index in [0.717, 1.165) is 13.5 Å². The minimum Gasteiger partial charge on any atom is -0.471 e. The van der Waals surface area contributed by atoms with Gasteiger partial charge in [-0.25, -0.2) is 9.78 Å². The van der Waals surface area contributed by atoms with Crippen LogP contribution in [-0.4, -0.2) is 53.0 Å². The molecule has 2 heterocycles. The van der Waals surface area contributed by atoms with Gasteiger partial charge in [0.05, 0.1) is 12.2 Å². The van der Waals surface area contributed by atoms with Crippen LogP contribution in [0.15, 0.2) is 18.3 Å². The number of aliphatic hydroxyl groups is 1. The number of ether oxygens (including phenoxy) is 2. The van der Waals surface area contributed by atoms with Gasteiger partial charge >= 0.3 is 6.09 Å². The Kier molecular flexibility index (Phi) is 6.42. The van der Waals surface area contributed by atoms with Crippen LogP contribution in [0.25, 0.3) is 0 Å². The van der Waals surface area contributed by atoms with Crippen molar-refractivity contribution in [3.8, 4) is 5.88 Å². The average Bonchev–Trinajstić information content (AvgIpc) is 2.91. The van der Waals surface area contributed by atoms with E-state index in [0.29, 0.717) is 24.7 Å². The number of aromatic nitrogens is 1. The highest BCUT2D eigenvalue weighted by Gasteiger charge is 2.31. The number of carbonyl (C=O) groups is 1. The summed E-state index contributed by atoms with van der Waals surface area (Å²) >= 11 is 0. The van der Waals surface area contributed by atoms with Crippen molar-refractivity contribution in [1.29, 1.82) is 0 Å². The number of rotatable bonds is 2. The fourth-order valence-corrected chi connectivity index (χ4v) is 1.98. The van der Waals surface area contributed by atoms with E-state index in [1.54, 1.807) is 23.2 Å². The Hall–Kier alpha value is -2.02. The summed E-state index contributed by atoms with van der Waals surface area (Å²) in [5.74, 6) is 0.420. The zero-order valence-corrected chi connectivity index (χ0v) is 13.6. The van der Waals surface area contributed by atoms with Crippen LogP contribution in [0.3, 0.4) is 0 Å². The molecule has 1 atom stereocenters. The number of nitrogens with two attached hydrogens (primary N) is 1. The summed E-state index contributed by atoms with van der Waals surface area (Å²) in [5.41, 5.74) is 5.80. The molecule has 22 heavy (non-hydrogen) atoms. The highest BCUT2D eigenvalue weighted by Crippen LogP contribution is 2.22. The van der Waals surface area contributed by atoms with Crippen molar-refractivity contribution in [2.24, 2.45) is 0 Å². The molecule has 2 rings (SSSR count). The van der Waals surface area contributed by atoms with Gasteiger partial charge in [-0.1, -0.05) is 0 Å². The van der Waals surface area contributed by atoms with E-state index >= 15 is 0 Å². The molecule has 7 nitrogen and oxygen atoms in total. The summed E-state index contributed by atoms with van der Waals surface area (Å²) in [5, 5.41) is 7.00. The number of nitrogen functional groups attached to an aromatic ring is 1. The Morgan fingerprint density at radius 1 is 1.45 bits per heavy atom. The average molecular weight is 311 g/mol. The first-order valence-corrected chi connectivity index (χ1v) is 7.15. The van der Waals surface area contributed by atoms with Crippen LogP contribution in [0.2, 0.25) is 0 Å². The van der Waals surface area contributed by atoms with Crippen molar-refractivity contribution in [3.63, 3.8) is 0 Å². The maximum absolute atomic E-state index is 11.9. The van der Waals surface area contributed by atoms with Crippen molar-refractivity contribution in [2.75, 3.05) is 25.9 Å². The van der Waals surface area contributed by atoms with Crippen molar-refractivity contribution < 1.29 is 19.4 Å². The smallest absolute Gasteiger partial charge is 0.410 e. The van der Waals surface area contributed by atoms with Gasteiger partial charge in [0, 0.05) is 26.3 Å². The van der Waals surface area contributed by atoms with Crippen LogP contribution in [0.1, 0.15) is 27.2 Å². The Bertz CT molecular complexity index is 488.